The molecule has 2 N–H and O–H groups in total. The zero-order valence-corrected chi connectivity index (χ0v) is 16.7. The Hall–Kier alpha value is -2.03. The van der Waals surface area contributed by atoms with E-state index in [1.54, 1.807) is 24.3 Å². The second-order valence-corrected chi connectivity index (χ2v) is 5.52. The number of nitrogens with zero attached hydrogens (tertiary/aromatic N) is 1. The number of hydrogen-bond acceptors (Lipinski definition) is 4. The fourth-order valence-corrected chi connectivity index (χ4v) is 2.07. The molecule has 0 aliphatic heterocycles. The highest BCUT2D eigenvalue weighted by Gasteiger charge is 2.30. The number of aromatic nitrogens is 1. The van der Waals surface area contributed by atoms with Crippen LogP contribution in [0.4, 0.5) is 13.2 Å². The molecule has 2 rings (SSSR count). The van der Waals surface area contributed by atoms with Crippen LogP contribution in [-0.2, 0) is 6.18 Å². The minimum Gasteiger partial charge on any atom is -0.439 e. The molecule has 0 saturated carbocycles. The van der Waals surface area contributed by atoms with Gasteiger partial charge in [0.25, 0.3) is 5.91 Å². The molecule has 0 unspecified atom stereocenters. The lowest BCUT2D eigenvalue weighted by Gasteiger charge is -2.09. The van der Waals surface area contributed by atoms with Gasteiger partial charge >= 0.3 is 6.18 Å². The number of amides is 1. The summed E-state index contributed by atoms with van der Waals surface area (Å²) in [6, 6.07) is 8.32. The summed E-state index contributed by atoms with van der Waals surface area (Å²) in [6.07, 6.45) is -2.69. The van der Waals surface area contributed by atoms with Crippen molar-refractivity contribution < 1.29 is 22.7 Å². The van der Waals surface area contributed by atoms with Crippen LogP contribution >= 0.6 is 24.8 Å². The Balaban J connectivity index is 0.00000364. The van der Waals surface area contributed by atoms with Crippen LogP contribution in [0.25, 0.3) is 0 Å². The molecule has 0 radical (unpaired) electrons. The summed E-state index contributed by atoms with van der Waals surface area (Å²) in [6.45, 7) is 4.18. The first-order valence-corrected chi connectivity index (χ1v) is 8.20. The Bertz CT molecular complexity index is 712. The number of carbonyl (C=O) groups is 1. The topological polar surface area (TPSA) is 63.2 Å². The van der Waals surface area contributed by atoms with Crippen LogP contribution in [0.1, 0.15) is 29.3 Å². The van der Waals surface area contributed by atoms with Crippen molar-refractivity contribution in [2.24, 2.45) is 0 Å². The monoisotopic (exact) mass is 439 g/mol. The predicted molar refractivity (Wildman–Crippen MR) is 106 cm³/mol. The summed E-state index contributed by atoms with van der Waals surface area (Å²) in [5, 5.41) is 5.97. The van der Waals surface area contributed by atoms with E-state index in [2.05, 4.69) is 22.5 Å². The number of benzene rings is 1. The van der Waals surface area contributed by atoms with Crippen LogP contribution in [0.2, 0.25) is 0 Å². The Morgan fingerprint density at radius 3 is 2.25 bits per heavy atom. The van der Waals surface area contributed by atoms with Crippen molar-refractivity contribution in [3.8, 4) is 11.6 Å². The van der Waals surface area contributed by atoms with Gasteiger partial charge in [-0.2, -0.15) is 13.2 Å². The summed E-state index contributed by atoms with van der Waals surface area (Å²) >= 11 is 0. The van der Waals surface area contributed by atoms with Crippen molar-refractivity contribution in [2.75, 3.05) is 19.6 Å². The lowest BCUT2D eigenvalue weighted by molar-refractivity contribution is -0.137. The number of halogens is 5. The first-order chi connectivity index (χ1) is 12.4. The van der Waals surface area contributed by atoms with Gasteiger partial charge in [-0.05, 0) is 43.3 Å². The van der Waals surface area contributed by atoms with Crippen molar-refractivity contribution in [1.82, 2.24) is 15.6 Å². The van der Waals surface area contributed by atoms with Crippen LogP contribution in [0.3, 0.4) is 0 Å². The van der Waals surface area contributed by atoms with E-state index in [4.69, 9.17) is 4.74 Å². The third-order valence-electron chi connectivity index (χ3n) is 3.42. The molecule has 1 aromatic carbocycles. The number of pyridine rings is 1. The molecule has 0 bridgehead atoms. The average Bonchev–Trinajstić information content (AvgIpc) is 2.62. The maximum atomic E-state index is 12.5. The van der Waals surface area contributed by atoms with E-state index in [9.17, 15) is 18.0 Å². The number of nitrogens with one attached hydrogen (secondary N) is 2. The van der Waals surface area contributed by atoms with Crippen LogP contribution in [0.5, 0.6) is 11.6 Å². The summed E-state index contributed by atoms with van der Waals surface area (Å²) in [7, 11) is 0. The average molecular weight is 440 g/mol. The molecular weight excluding hydrogens is 418 g/mol. The van der Waals surface area contributed by atoms with Gasteiger partial charge in [-0.25, -0.2) is 4.98 Å². The normalized spacial score (nSPS) is 10.4. The van der Waals surface area contributed by atoms with Crippen LogP contribution in [0.15, 0.2) is 42.6 Å². The molecule has 156 valence electrons. The second-order valence-electron chi connectivity index (χ2n) is 5.52. The molecule has 5 nitrogen and oxygen atoms in total. The first-order valence-electron chi connectivity index (χ1n) is 8.20. The number of hydrogen-bond donors (Lipinski definition) is 2. The quantitative estimate of drug-likeness (QED) is 0.595. The van der Waals surface area contributed by atoms with E-state index in [1.165, 1.54) is 0 Å². The molecule has 0 aliphatic rings. The van der Waals surface area contributed by atoms with Crippen molar-refractivity contribution in [1.29, 1.82) is 0 Å². The lowest BCUT2D eigenvalue weighted by atomic mass is 10.2. The minimum absolute atomic E-state index is 0. The summed E-state index contributed by atoms with van der Waals surface area (Å²) < 4.78 is 42.9. The predicted octanol–water partition coefficient (Wildman–Crippen LogP) is 4.47. The minimum atomic E-state index is -4.44. The van der Waals surface area contributed by atoms with E-state index in [0.29, 0.717) is 30.6 Å². The Morgan fingerprint density at radius 1 is 1.04 bits per heavy atom. The van der Waals surface area contributed by atoms with Gasteiger partial charge in [0, 0.05) is 30.9 Å². The van der Waals surface area contributed by atoms with Gasteiger partial charge in [-0.15, -0.1) is 24.8 Å². The fourth-order valence-electron chi connectivity index (χ4n) is 2.07. The van der Waals surface area contributed by atoms with E-state index in [-0.39, 0.29) is 36.6 Å². The highest BCUT2D eigenvalue weighted by atomic mass is 35.5. The second kappa shape index (κ2) is 12.4. The Morgan fingerprint density at radius 2 is 1.71 bits per heavy atom. The van der Waals surface area contributed by atoms with Gasteiger partial charge in [-0.3, -0.25) is 4.79 Å². The molecular formula is C18H22Cl2F3N3O2. The Kier molecular flexibility index (Phi) is 11.5. The van der Waals surface area contributed by atoms with Crippen molar-refractivity contribution in [2.45, 2.75) is 19.5 Å². The van der Waals surface area contributed by atoms with Crippen molar-refractivity contribution >= 4 is 30.7 Å². The number of rotatable bonds is 8. The molecule has 0 saturated heterocycles. The largest absolute Gasteiger partial charge is 0.439 e. The number of carbonyl (C=O) groups excluding carboxylic acids is 1. The molecule has 10 heteroatoms. The Labute approximate surface area is 173 Å². The van der Waals surface area contributed by atoms with Gasteiger partial charge in [0.15, 0.2) is 0 Å². The summed E-state index contributed by atoms with van der Waals surface area (Å²) in [5.41, 5.74) is -0.376. The van der Waals surface area contributed by atoms with Gasteiger partial charge in [0.1, 0.15) is 5.75 Å². The van der Waals surface area contributed by atoms with Crippen LogP contribution in [0, 0.1) is 0 Å². The molecule has 0 spiro atoms. The fraction of sp³-hybridized carbons (Fsp3) is 0.333. The van der Waals surface area contributed by atoms with Gasteiger partial charge in [0.05, 0.1) is 5.56 Å². The first kappa shape index (κ1) is 26.0. The molecule has 0 aliphatic carbocycles. The van der Waals surface area contributed by atoms with Crippen molar-refractivity contribution in [3.63, 3.8) is 0 Å². The van der Waals surface area contributed by atoms with Crippen molar-refractivity contribution in [3.05, 3.63) is 53.7 Å². The summed E-state index contributed by atoms with van der Waals surface area (Å²) in [4.78, 5) is 15.6. The molecule has 28 heavy (non-hydrogen) atoms. The van der Waals surface area contributed by atoms with E-state index < -0.39 is 11.7 Å². The zero-order valence-electron chi connectivity index (χ0n) is 15.1. The van der Waals surface area contributed by atoms with E-state index in [0.717, 1.165) is 25.1 Å². The van der Waals surface area contributed by atoms with Gasteiger partial charge in [0.2, 0.25) is 5.88 Å². The summed E-state index contributed by atoms with van der Waals surface area (Å²) in [5.74, 6) is 0.207. The van der Waals surface area contributed by atoms with Gasteiger partial charge < -0.3 is 15.4 Å². The molecule has 0 fully saturated rings. The van der Waals surface area contributed by atoms with Gasteiger partial charge in [-0.1, -0.05) is 6.92 Å². The maximum absolute atomic E-state index is 12.5. The van der Waals surface area contributed by atoms with Crippen LogP contribution in [-0.4, -0.2) is 30.5 Å². The third kappa shape index (κ3) is 8.33. The maximum Gasteiger partial charge on any atom is 0.417 e. The van der Waals surface area contributed by atoms with Crippen LogP contribution < -0.4 is 15.4 Å². The molecule has 1 heterocycles. The smallest absolute Gasteiger partial charge is 0.417 e. The standard InChI is InChI=1S/C18H20F3N3O2.2ClH/c1-2-9-22-10-11-23-17(25)13-3-6-15(7-4-13)26-16-8-5-14(12-24-16)18(19,20)21;;/h3-8,12,22H,2,9-11H2,1H3,(H,23,25);2*1H. The van der Waals surface area contributed by atoms with E-state index >= 15 is 0 Å². The lowest BCUT2D eigenvalue weighted by Crippen LogP contribution is -2.32. The van der Waals surface area contributed by atoms with E-state index in [1.807, 2.05) is 0 Å². The zero-order chi connectivity index (χ0) is 19.0. The molecule has 0 atom stereocenters. The molecule has 2 aromatic rings. The molecule has 1 aromatic heterocycles. The number of ether oxygens (including phenoxy) is 1. The highest BCUT2D eigenvalue weighted by Crippen LogP contribution is 2.30. The molecule has 1 amide bonds. The highest BCUT2D eigenvalue weighted by molar-refractivity contribution is 5.94. The SMILES string of the molecule is CCCNCCNC(=O)c1ccc(Oc2ccc(C(F)(F)F)cn2)cc1.Cl.Cl. The number of alkyl halides is 3. The third-order valence-corrected chi connectivity index (χ3v) is 3.42.